The van der Waals surface area contributed by atoms with E-state index in [2.05, 4.69) is 14.7 Å². The van der Waals surface area contributed by atoms with E-state index in [1.165, 1.54) is 16.8 Å². The molecule has 3 aromatic rings. The predicted molar refractivity (Wildman–Crippen MR) is 116 cm³/mol. The van der Waals surface area contributed by atoms with Crippen LogP contribution in [0.1, 0.15) is 25.8 Å². The molecule has 1 aliphatic heterocycles. The third-order valence-corrected chi connectivity index (χ3v) is 6.41. The van der Waals surface area contributed by atoms with Gasteiger partial charge >= 0.3 is 10.0 Å². The van der Waals surface area contributed by atoms with Gasteiger partial charge in [-0.15, -0.1) is 4.40 Å². The summed E-state index contributed by atoms with van der Waals surface area (Å²) in [6, 6.07) is 8.33. The quantitative estimate of drug-likeness (QED) is 0.635. The molecule has 1 aromatic carbocycles. The summed E-state index contributed by atoms with van der Waals surface area (Å²) in [6.45, 7) is 4.49. The number of sulfonamides is 1. The van der Waals surface area contributed by atoms with Crippen molar-refractivity contribution >= 4 is 44.1 Å². The van der Waals surface area contributed by atoms with Gasteiger partial charge in [-0.1, -0.05) is 37.6 Å². The molecule has 0 spiro atoms. The number of para-hydroxylation sites is 1. The summed E-state index contributed by atoms with van der Waals surface area (Å²) < 4.78 is 30.6. The summed E-state index contributed by atoms with van der Waals surface area (Å²) in [5, 5.41) is 13.9. The second-order valence-electron chi connectivity index (χ2n) is 7.39. The first-order valence-electron chi connectivity index (χ1n) is 9.32. The number of rotatable bonds is 4. The van der Waals surface area contributed by atoms with E-state index in [0.29, 0.717) is 23.4 Å². The van der Waals surface area contributed by atoms with Gasteiger partial charge in [-0.3, -0.25) is 4.79 Å². The predicted octanol–water partition coefficient (Wildman–Crippen LogP) is 3.36. The normalized spacial score (nSPS) is 15.0. The number of aromatic hydroxyl groups is 1. The molecule has 0 atom stereocenters. The van der Waals surface area contributed by atoms with Gasteiger partial charge in [0.25, 0.3) is 5.56 Å². The number of aryl methyl sites for hydroxylation is 1. The molecule has 10 heteroatoms. The molecule has 8 nitrogen and oxygen atoms in total. The highest BCUT2D eigenvalue weighted by Crippen LogP contribution is 2.34. The van der Waals surface area contributed by atoms with Gasteiger partial charge in [-0.25, -0.2) is 4.98 Å². The molecule has 0 saturated carbocycles. The molecule has 0 fully saturated rings. The van der Waals surface area contributed by atoms with Crippen molar-refractivity contribution in [1.82, 2.24) is 9.55 Å². The van der Waals surface area contributed by atoms with Crippen molar-refractivity contribution in [3.8, 4) is 5.75 Å². The Morgan fingerprint density at radius 3 is 2.70 bits per heavy atom. The number of nitrogens with one attached hydrogen (secondary N) is 1. The van der Waals surface area contributed by atoms with Gasteiger partial charge in [0.15, 0.2) is 5.84 Å². The molecule has 4 rings (SSSR count). The van der Waals surface area contributed by atoms with E-state index in [0.717, 1.165) is 6.42 Å². The molecule has 30 heavy (non-hydrogen) atoms. The molecular weight excluding hydrogens is 428 g/mol. The Hall–Kier alpha value is -2.91. The minimum Gasteiger partial charge on any atom is -0.506 e. The Bertz CT molecular complexity index is 1360. The Balaban J connectivity index is 1.99. The van der Waals surface area contributed by atoms with E-state index in [-0.39, 0.29) is 32.9 Å². The van der Waals surface area contributed by atoms with Gasteiger partial charge in [0.2, 0.25) is 5.03 Å². The van der Waals surface area contributed by atoms with E-state index in [1.54, 1.807) is 24.3 Å². The molecule has 0 radical (unpaired) electrons. The van der Waals surface area contributed by atoms with Crippen LogP contribution in [-0.4, -0.2) is 28.9 Å². The van der Waals surface area contributed by atoms with E-state index in [4.69, 9.17) is 11.6 Å². The first-order chi connectivity index (χ1) is 14.2. The minimum absolute atomic E-state index is 0.0184. The van der Waals surface area contributed by atoms with Crippen molar-refractivity contribution in [2.24, 2.45) is 10.3 Å². The average Bonchev–Trinajstić information content (AvgIpc) is 2.68. The zero-order chi connectivity index (χ0) is 21.6. The summed E-state index contributed by atoms with van der Waals surface area (Å²) in [6.07, 6.45) is 1.98. The highest BCUT2D eigenvalue weighted by molar-refractivity contribution is 7.90. The lowest BCUT2D eigenvalue weighted by Crippen LogP contribution is -2.33. The molecule has 0 amide bonds. The van der Waals surface area contributed by atoms with E-state index in [9.17, 15) is 18.3 Å². The zero-order valence-electron chi connectivity index (χ0n) is 16.3. The minimum atomic E-state index is -4.22. The van der Waals surface area contributed by atoms with Crippen molar-refractivity contribution in [2.75, 3.05) is 5.32 Å². The number of hydrogen-bond donors (Lipinski definition) is 2. The van der Waals surface area contributed by atoms with Crippen molar-refractivity contribution < 1.29 is 13.5 Å². The largest absolute Gasteiger partial charge is 0.506 e. The number of pyridine rings is 2. The van der Waals surface area contributed by atoms with Crippen LogP contribution in [0.2, 0.25) is 5.02 Å². The molecule has 2 N–H and O–H groups in total. The third-order valence-electron chi connectivity index (χ3n) is 4.88. The fourth-order valence-electron chi connectivity index (χ4n) is 3.35. The fourth-order valence-corrected chi connectivity index (χ4v) is 4.68. The van der Waals surface area contributed by atoms with Gasteiger partial charge in [-0.2, -0.15) is 8.42 Å². The molecule has 0 unspecified atom stereocenters. The van der Waals surface area contributed by atoms with Crippen LogP contribution in [0, 0.1) is 5.92 Å². The highest BCUT2D eigenvalue weighted by Gasteiger charge is 2.32. The monoisotopic (exact) mass is 446 g/mol. The Kier molecular flexibility index (Phi) is 5.03. The average molecular weight is 447 g/mol. The summed E-state index contributed by atoms with van der Waals surface area (Å²) in [7, 11) is -4.22. The summed E-state index contributed by atoms with van der Waals surface area (Å²) in [5.74, 6) is -0.291. The second kappa shape index (κ2) is 7.41. The molecule has 0 bridgehead atoms. The van der Waals surface area contributed by atoms with Crippen LogP contribution < -0.4 is 10.9 Å². The van der Waals surface area contributed by atoms with Crippen LogP contribution in [0.5, 0.6) is 5.75 Å². The van der Waals surface area contributed by atoms with Crippen molar-refractivity contribution in [3.63, 3.8) is 0 Å². The summed E-state index contributed by atoms with van der Waals surface area (Å²) in [5.41, 5.74) is -0.197. The Morgan fingerprint density at radius 1 is 1.23 bits per heavy atom. The zero-order valence-corrected chi connectivity index (χ0v) is 17.8. The van der Waals surface area contributed by atoms with Gasteiger partial charge in [0, 0.05) is 18.1 Å². The molecule has 0 saturated heterocycles. The van der Waals surface area contributed by atoms with Crippen LogP contribution in [0.15, 0.2) is 50.7 Å². The molecule has 2 aromatic heterocycles. The number of halogens is 1. The lowest BCUT2D eigenvalue weighted by atomic mass is 10.1. The smallest absolute Gasteiger partial charge is 0.303 e. The molecule has 3 heterocycles. The second-order valence-corrected chi connectivity index (χ2v) is 9.32. The van der Waals surface area contributed by atoms with Crippen LogP contribution in [0.3, 0.4) is 0 Å². The van der Waals surface area contributed by atoms with Crippen molar-refractivity contribution in [3.05, 3.63) is 57.5 Å². The maximum absolute atomic E-state index is 13.4. The Morgan fingerprint density at radius 2 is 1.97 bits per heavy atom. The maximum atomic E-state index is 13.4. The summed E-state index contributed by atoms with van der Waals surface area (Å²) >= 11 is 6.14. The molecular formula is C20H19ClN4O4S. The van der Waals surface area contributed by atoms with Gasteiger partial charge in [0.05, 0.1) is 16.2 Å². The number of amidine groups is 1. The SMILES string of the molecule is CC(C)CCn1c(=O)c(C2=NS(=O)(=O)c3nccc(Cl)c3N2)c(O)c2ccccc21. The summed E-state index contributed by atoms with van der Waals surface area (Å²) in [4.78, 5) is 17.2. The molecule has 156 valence electrons. The van der Waals surface area contributed by atoms with Crippen molar-refractivity contribution in [1.29, 1.82) is 0 Å². The fraction of sp³-hybridized carbons (Fsp3) is 0.250. The van der Waals surface area contributed by atoms with Gasteiger partial charge in [-0.05, 0) is 30.5 Å². The number of anilines is 1. The standard InChI is InChI=1S/C20H19ClN4O4S/c1-11(2)8-10-25-14-6-4-3-5-12(14)17(26)15(20(25)27)18-23-16-13(21)7-9-22-19(16)30(28,29)24-18/h3-7,9,11,26H,8,10H2,1-2H3,(H,23,24). The molecule has 0 aliphatic carbocycles. The number of aromatic nitrogens is 2. The van der Waals surface area contributed by atoms with E-state index >= 15 is 0 Å². The number of fused-ring (bicyclic) bond motifs is 2. The van der Waals surface area contributed by atoms with Crippen LogP contribution in [-0.2, 0) is 16.6 Å². The van der Waals surface area contributed by atoms with E-state index in [1.807, 2.05) is 13.8 Å². The lowest BCUT2D eigenvalue weighted by Gasteiger charge is -2.21. The van der Waals surface area contributed by atoms with Crippen LogP contribution >= 0.6 is 11.6 Å². The first kappa shape index (κ1) is 20.4. The van der Waals surface area contributed by atoms with E-state index < -0.39 is 15.6 Å². The Labute approximate surface area is 177 Å². The lowest BCUT2D eigenvalue weighted by molar-refractivity contribution is 0.474. The van der Waals surface area contributed by atoms with Crippen molar-refractivity contribution in [2.45, 2.75) is 31.8 Å². The number of benzene rings is 1. The highest BCUT2D eigenvalue weighted by atomic mass is 35.5. The number of nitrogens with zero attached hydrogens (tertiary/aromatic N) is 3. The van der Waals surface area contributed by atoms with Gasteiger partial charge < -0.3 is 15.0 Å². The van der Waals surface area contributed by atoms with Gasteiger partial charge in [0.1, 0.15) is 11.3 Å². The molecule has 1 aliphatic rings. The maximum Gasteiger partial charge on any atom is 0.303 e. The van der Waals surface area contributed by atoms with Crippen LogP contribution in [0.4, 0.5) is 5.69 Å². The number of hydrogen-bond acceptors (Lipinski definition) is 6. The topological polar surface area (TPSA) is 114 Å². The first-order valence-corrected chi connectivity index (χ1v) is 11.1. The third kappa shape index (κ3) is 3.33. The van der Waals surface area contributed by atoms with Crippen LogP contribution in [0.25, 0.3) is 10.9 Å².